The molecule has 35 heavy (non-hydrogen) atoms. The molecule has 0 aliphatic heterocycles. The average Bonchev–Trinajstić information content (AvgIpc) is 2.83. The molecular formula is C30H29FN4. The fourth-order valence-corrected chi connectivity index (χ4v) is 3.76. The van der Waals surface area contributed by atoms with Gasteiger partial charge in [-0.05, 0) is 40.2 Å². The summed E-state index contributed by atoms with van der Waals surface area (Å²) in [5, 5.41) is 9.32. The van der Waals surface area contributed by atoms with Crippen LogP contribution in [-0.2, 0) is 10.8 Å². The Morgan fingerprint density at radius 3 is 1.46 bits per heavy atom. The lowest BCUT2D eigenvalue weighted by atomic mass is 9.86. The number of aromatic nitrogens is 3. The van der Waals surface area contributed by atoms with Crippen molar-refractivity contribution in [3.05, 3.63) is 89.2 Å². The van der Waals surface area contributed by atoms with Crippen molar-refractivity contribution in [2.75, 3.05) is 0 Å². The van der Waals surface area contributed by atoms with Crippen LogP contribution in [0.25, 0.3) is 34.2 Å². The Morgan fingerprint density at radius 2 is 1.06 bits per heavy atom. The number of rotatable bonds is 3. The number of hydrogen-bond donors (Lipinski definition) is 0. The highest BCUT2D eigenvalue weighted by Gasteiger charge is 2.18. The monoisotopic (exact) mass is 464 g/mol. The Morgan fingerprint density at radius 1 is 0.629 bits per heavy atom. The van der Waals surface area contributed by atoms with E-state index in [4.69, 9.17) is 4.98 Å². The fraction of sp³-hybridized carbons (Fsp3) is 0.267. The molecule has 4 nitrogen and oxygen atoms in total. The third-order valence-corrected chi connectivity index (χ3v) is 5.99. The fourth-order valence-electron chi connectivity index (χ4n) is 3.76. The van der Waals surface area contributed by atoms with E-state index in [0.29, 0.717) is 17.2 Å². The summed E-state index contributed by atoms with van der Waals surface area (Å²) >= 11 is 0. The molecule has 0 bridgehead atoms. The molecule has 3 aromatic carbocycles. The molecule has 0 amide bonds. The second-order valence-corrected chi connectivity index (χ2v) is 10.8. The van der Waals surface area contributed by atoms with E-state index < -0.39 is 5.82 Å². The standard InChI is InChI=1S/C30H29FN4/c1-29(2,3)22-12-8-20(9-13-22)26-33-27(21-10-14-23(15-11-21)30(4,5)6)35-28(34-26)24-17-19(18-32)7-16-25(24)31/h7-17H,1-6H3. The molecule has 0 unspecified atom stereocenters. The van der Waals surface area contributed by atoms with E-state index in [2.05, 4.69) is 81.8 Å². The Labute approximate surface area is 206 Å². The molecule has 176 valence electrons. The SMILES string of the molecule is CC(C)(C)c1ccc(-c2nc(-c3ccc(C(C)(C)C)cc3)nc(-c3cc(C#N)ccc3F)n2)cc1. The number of halogens is 1. The lowest BCUT2D eigenvalue weighted by molar-refractivity contribution is 0.590. The molecule has 5 heteroatoms. The first-order chi connectivity index (χ1) is 16.5. The van der Waals surface area contributed by atoms with Crippen molar-refractivity contribution in [3.8, 4) is 40.2 Å². The van der Waals surface area contributed by atoms with Gasteiger partial charge in [0.25, 0.3) is 0 Å². The van der Waals surface area contributed by atoms with E-state index in [1.54, 1.807) is 0 Å². The highest BCUT2D eigenvalue weighted by atomic mass is 19.1. The first-order valence-corrected chi connectivity index (χ1v) is 11.6. The predicted molar refractivity (Wildman–Crippen MR) is 138 cm³/mol. The summed E-state index contributed by atoms with van der Waals surface area (Å²) in [6, 6.07) is 22.4. The van der Waals surface area contributed by atoms with Crippen LogP contribution in [0.4, 0.5) is 4.39 Å². The third kappa shape index (κ3) is 5.27. The summed E-state index contributed by atoms with van der Waals surface area (Å²) in [4.78, 5) is 14.0. The van der Waals surface area contributed by atoms with Crippen LogP contribution in [0.2, 0.25) is 0 Å². The maximum absolute atomic E-state index is 14.8. The summed E-state index contributed by atoms with van der Waals surface area (Å²) in [6.45, 7) is 13.0. The second-order valence-electron chi connectivity index (χ2n) is 10.8. The van der Waals surface area contributed by atoms with Crippen LogP contribution in [-0.4, -0.2) is 15.0 Å². The minimum absolute atomic E-state index is 0.0175. The first-order valence-electron chi connectivity index (χ1n) is 11.6. The molecule has 0 N–H and O–H groups in total. The predicted octanol–water partition coefficient (Wildman–Crippen LogP) is 7.48. The number of nitrogens with zero attached hydrogens (tertiary/aromatic N) is 4. The normalized spacial score (nSPS) is 11.8. The Balaban J connectivity index is 1.89. The summed E-state index contributed by atoms with van der Waals surface area (Å²) in [5.74, 6) is 0.608. The number of benzene rings is 3. The highest BCUT2D eigenvalue weighted by molar-refractivity contribution is 5.68. The summed E-state index contributed by atoms with van der Waals surface area (Å²) in [6.07, 6.45) is 0. The maximum atomic E-state index is 14.8. The van der Waals surface area contributed by atoms with Crippen molar-refractivity contribution in [2.45, 2.75) is 52.4 Å². The Hall–Kier alpha value is -3.91. The van der Waals surface area contributed by atoms with Gasteiger partial charge in [-0.25, -0.2) is 19.3 Å². The lowest BCUT2D eigenvalue weighted by Gasteiger charge is -2.19. The smallest absolute Gasteiger partial charge is 0.167 e. The van der Waals surface area contributed by atoms with Crippen molar-refractivity contribution in [1.29, 1.82) is 5.26 Å². The van der Waals surface area contributed by atoms with E-state index in [0.717, 1.165) is 11.1 Å². The van der Waals surface area contributed by atoms with Gasteiger partial charge in [0.05, 0.1) is 17.2 Å². The largest absolute Gasteiger partial charge is 0.208 e. The molecule has 0 saturated heterocycles. The molecule has 4 aromatic rings. The van der Waals surface area contributed by atoms with Crippen molar-refractivity contribution < 1.29 is 4.39 Å². The van der Waals surface area contributed by atoms with Crippen LogP contribution in [0.5, 0.6) is 0 Å². The van der Waals surface area contributed by atoms with Gasteiger partial charge in [-0.3, -0.25) is 0 Å². The number of hydrogen-bond acceptors (Lipinski definition) is 4. The van der Waals surface area contributed by atoms with Gasteiger partial charge >= 0.3 is 0 Å². The van der Waals surface area contributed by atoms with Gasteiger partial charge in [0.15, 0.2) is 17.5 Å². The quantitative estimate of drug-likeness (QED) is 0.315. The van der Waals surface area contributed by atoms with Gasteiger partial charge < -0.3 is 0 Å². The molecule has 0 fully saturated rings. The molecule has 0 saturated carbocycles. The summed E-state index contributed by atoms with van der Waals surface area (Å²) in [7, 11) is 0. The van der Waals surface area contributed by atoms with Crippen molar-refractivity contribution in [2.24, 2.45) is 0 Å². The van der Waals surface area contributed by atoms with Gasteiger partial charge in [-0.15, -0.1) is 0 Å². The van der Waals surface area contributed by atoms with Crippen LogP contribution in [0.1, 0.15) is 58.2 Å². The van der Waals surface area contributed by atoms with Gasteiger partial charge in [0.1, 0.15) is 5.82 Å². The van der Waals surface area contributed by atoms with Crippen LogP contribution in [0.3, 0.4) is 0 Å². The molecule has 4 rings (SSSR count). The van der Waals surface area contributed by atoms with E-state index in [1.165, 1.54) is 29.3 Å². The Kier molecular flexibility index (Phi) is 6.25. The Bertz CT molecular complexity index is 1330. The van der Waals surface area contributed by atoms with Crippen molar-refractivity contribution in [3.63, 3.8) is 0 Å². The molecule has 0 spiro atoms. The van der Waals surface area contributed by atoms with E-state index in [9.17, 15) is 9.65 Å². The molecule has 1 heterocycles. The zero-order valence-corrected chi connectivity index (χ0v) is 21.0. The summed E-state index contributed by atoms with van der Waals surface area (Å²) in [5.41, 5.74) is 4.56. The average molecular weight is 465 g/mol. The van der Waals surface area contributed by atoms with Crippen molar-refractivity contribution >= 4 is 0 Å². The van der Waals surface area contributed by atoms with Crippen LogP contribution in [0, 0.1) is 17.1 Å². The minimum atomic E-state index is -0.488. The highest BCUT2D eigenvalue weighted by Crippen LogP contribution is 2.30. The van der Waals surface area contributed by atoms with Gasteiger partial charge in [0, 0.05) is 11.1 Å². The minimum Gasteiger partial charge on any atom is -0.208 e. The van der Waals surface area contributed by atoms with Gasteiger partial charge in [0.2, 0.25) is 0 Å². The van der Waals surface area contributed by atoms with E-state index in [1.807, 2.05) is 24.3 Å². The zero-order chi connectivity index (χ0) is 25.4. The third-order valence-electron chi connectivity index (χ3n) is 5.99. The van der Waals surface area contributed by atoms with Gasteiger partial charge in [-0.2, -0.15) is 5.26 Å². The van der Waals surface area contributed by atoms with Crippen LogP contribution >= 0.6 is 0 Å². The second kappa shape index (κ2) is 9.03. The molecule has 0 aliphatic carbocycles. The molecular weight excluding hydrogens is 435 g/mol. The summed E-state index contributed by atoms with van der Waals surface area (Å²) < 4.78 is 14.8. The van der Waals surface area contributed by atoms with Crippen LogP contribution < -0.4 is 0 Å². The number of nitriles is 1. The first kappa shape index (κ1) is 24.2. The molecule has 0 aliphatic rings. The zero-order valence-electron chi connectivity index (χ0n) is 21.0. The molecule has 1 aromatic heterocycles. The topological polar surface area (TPSA) is 62.5 Å². The molecule has 0 radical (unpaired) electrons. The van der Waals surface area contributed by atoms with Crippen molar-refractivity contribution in [1.82, 2.24) is 15.0 Å². The van der Waals surface area contributed by atoms with Crippen LogP contribution in [0.15, 0.2) is 66.7 Å². The maximum Gasteiger partial charge on any atom is 0.167 e. The van der Waals surface area contributed by atoms with Gasteiger partial charge in [-0.1, -0.05) is 90.1 Å². The van der Waals surface area contributed by atoms with E-state index >= 15 is 0 Å². The lowest BCUT2D eigenvalue weighted by Crippen LogP contribution is -2.11. The van der Waals surface area contributed by atoms with E-state index in [-0.39, 0.29) is 22.2 Å². The molecule has 0 atom stereocenters.